The van der Waals surface area contributed by atoms with E-state index >= 15 is 0 Å². The molecule has 226 valence electrons. The number of anilines is 3. The van der Waals surface area contributed by atoms with Crippen LogP contribution in [0.3, 0.4) is 0 Å². The zero-order valence-corrected chi connectivity index (χ0v) is 26.3. The summed E-state index contributed by atoms with van der Waals surface area (Å²) in [4.78, 5) is 2.33. The molecule has 0 spiro atoms. The second-order valence-corrected chi connectivity index (χ2v) is 12.2. The predicted molar refractivity (Wildman–Crippen MR) is 200 cm³/mol. The summed E-state index contributed by atoms with van der Waals surface area (Å²) in [6.07, 6.45) is 0. The van der Waals surface area contributed by atoms with Gasteiger partial charge in [0, 0.05) is 22.5 Å². The molecule has 0 aliphatic carbocycles. The van der Waals surface area contributed by atoms with E-state index in [-0.39, 0.29) is 0 Å². The van der Waals surface area contributed by atoms with Crippen molar-refractivity contribution in [1.29, 1.82) is 0 Å². The van der Waals surface area contributed by atoms with Gasteiger partial charge < -0.3 is 9.64 Å². The van der Waals surface area contributed by atoms with Gasteiger partial charge in [0.05, 0.1) is 5.69 Å². The van der Waals surface area contributed by atoms with E-state index < -0.39 is 0 Å². The molecule has 0 fully saturated rings. The molecule has 0 bridgehead atoms. The molecule has 0 atom stereocenters. The first-order valence-corrected chi connectivity index (χ1v) is 16.3. The first-order chi connectivity index (χ1) is 23.8. The molecular weight excluding hydrogens is 583 g/mol. The van der Waals surface area contributed by atoms with E-state index in [0.717, 1.165) is 61.9 Å². The van der Waals surface area contributed by atoms with Gasteiger partial charge >= 0.3 is 0 Å². The molecule has 9 rings (SSSR count). The Bertz CT molecular complexity index is 2410. The van der Waals surface area contributed by atoms with Gasteiger partial charge in [0.1, 0.15) is 5.75 Å². The van der Waals surface area contributed by atoms with E-state index in [2.05, 4.69) is 193 Å². The van der Waals surface area contributed by atoms with Crippen LogP contribution in [0.5, 0.6) is 11.5 Å². The Morgan fingerprint density at radius 1 is 0.333 bits per heavy atom. The Kier molecular flexibility index (Phi) is 6.84. The maximum absolute atomic E-state index is 7.14. The van der Waals surface area contributed by atoms with Gasteiger partial charge in [-0.25, -0.2) is 0 Å². The predicted octanol–water partition coefficient (Wildman–Crippen LogP) is 13.1. The minimum absolute atomic E-state index is 0.828. The molecule has 0 saturated carbocycles. The van der Waals surface area contributed by atoms with Crippen LogP contribution in [0.4, 0.5) is 17.1 Å². The molecule has 0 aromatic heterocycles. The molecule has 2 nitrogen and oxygen atoms in total. The molecule has 0 saturated heterocycles. The molecular formula is C46H31NO. The van der Waals surface area contributed by atoms with Gasteiger partial charge in [-0.3, -0.25) is 0 Å². The number of hydrogen-bond donors (Lipinski definition) is 0. The summed E-state index contributed by atoms with van der Waals surface area (Å²) in [6.45, 7) is 0. The highest BCUT2D eigenvalue weighted by molar-refractivity contribution is 5.97. The third-order valence-electron chi connectivity index (χ3n) is 9.27. The Morgan fingerprint density at radius 2 is 0.896 bits per heavy atom. The zero-order valence-electron chi connectivity index (χ0n) is 26.3. The Labute approximate surface area is 280 Å². The Morgan fingerprint density at radius 3 is 1.65 bits per heavy atom. The van der Waals surface area contributed by atoms with Crippen LogP contribution in [0.1, 0.15) is 0 Å². The van der Waals surface area contributed by atoms with Gasteiger partial charge in [-0.1, -0.05) is 146 Å². The second kappa shape index (κ2) is 11.8. The summed E-state index contributed by atoms with van der Waals surface area (Å²) in [5.41, 5.74) is 12.2. The topological polar surface area (TPSA) is 12.5 Å². The number of fused-ring (bicyclic) bond motifs is 6. The third-order valence-corrected chi connectivity index (χ3v) is 9.27. The lowest BCUT2D eigenvalue weighted by atomic mass is 9.93. The number of hydrogen-bond acceptors (Lipinski definition) is 2. The molecule has 1 heterocycles. The van der Waals surface area contributed by atoms with E-state index in [9.17, 15) is 0 Å². The van der Waals surface area contributed by atoms with Crippen molar-refractivity contribution < 1.29 is 4.74 Å². The van der Waals surface area contributed by atoms with Crippen molar-refractivity contribution in [1.82, 2.24) is 0 Å². The third kappa shape index (κ3) is 4.92. The van der Waals surface area contributed by atoms with Crippen LogP contribution in [0.25, 0.3) is 55.3 Å². The fourth-order valence-corrected chi connectivity index (χ4v) is 6.90. The molecule has 0 amide bonds. The average molecular weight is 614 g/mol. The van der Waals surface area contributed by atoms with E-state index in [1.54, 1.807) is 0 Å². The maximum atomic E-state index is 7.14. The van der Waals surface area contributed by atoms with Crippen LogP contribution in [0, 0.1) is 0 Å². The van der Waals surface area contributed by atoms with Crippen molar-refractivity contribution in [3.05, 3.63) is 188 Å². The summed E-state index contributed by atoms with van der Waals surface area (Å²) >= 11 is 0. The van der Waals surface area contributed by atoms with E-state index in [0.29, 0.717) is 0 Å². The van der Waals surface area contributed by atoms with Crippen molar-refractivity contribution in [3.8, 4) is 56.0 Å². The highest BCUT2D eigenvalue weighted by atomic mass is 16.5. The second-order valence-electron chi connectivity index (χ2n) is 12.2. The summed E-state index contributed by atoms with van der Waals surface area (Å²) < 4.78 is 7.14. The van der Waals surface area contributed by atoms with Crippen LogP contribution in [0.2, 0.25) is 0 Å². The number of ether oxygens (including phenoxy) is 1. The lowest BCUT2D eigenvalue weighted by Crippen LogP contribution is -2.11. The smallest absolute Gasteiger partial charge is 0.159 e. The van der Waals surface area contributed by atoms with Crippen molar-refractivity contribution in [3.63, 3.8) is 0 Å². The standard InChI is InChI=1S/C46H31NO/c1-3-12-32(13-4-1)35-22-26-38(27-23-35)47(39-28-24-34-16-7-8-17-36(34)30-39)44-21-11-20-43-41-19-10-9-18-40(41)42-29-25-37(31-45(42)48-46(43)44)33-14-5-2-6-15-33/h1-31H. The normalized spacial score (nSPS) is 11.5. The molecule has 0 unspecified atom stereocenters. The molecule has 0 N–H and O–H groups in total. The Balaban J connectivity index is 1.26. The SMILES string of the molecule is c1ccc(-c2ccc(N(c3ccc4ccccc4c3)c3cccc4c3Oc3cc(-c5ccccc5)ccc3-c3ccccc3-4)cc2)cc1. The number of para-hydroxylation sites is 1. The zero-order chi connectivity index (χ0) is 31.9. The molecule has 1 aliphatic heterocycles. The van der Waals surface area contributed by atoms with Gasteiger partial charge in [-0.2, -0.15) is 0 Å². The van der Waals surface area contributed by atoms with Crippen molar-refractivity contribution in [2.24, 2.45) is 0 Å². The van der Waals surface area contributed by atoms with E-state index in [4.69, 9.17) is 4.74 Å². The van der Waals surface area contributed by atoms with E-state index in [1.165, 1.54) is 21.9 Å². The molecule has 1 aliphatic rings. The first kappa shape index (κ1) is 27.9. The summed E-state index contributed by atoms with van der Waals surface area (Å²) in [7, 11) is 0. The van der Waals surface area contributed by atoms with Gasteiger partial charge in [0.25, 0.3) is 0 Å². The summed E-state index contributed by atoms with van der Waals surface area (Å²) in [5.74, 6) is 1.67. The molecule has 48 heavy (non-hydrogen) atoms. The lowest BCUT2D eigenvalue weighted by molar-refractivity contribution is 0.489. The number of nitrogens with zero attached hydrogens (tertiary/aromatic N) is 1. The first-order valence-electron chi connectivity index (χ1n) is 16.3. The van der Waals surface area contributed by atoms with Crippen LogP contribution in [0.15, 0.2) is 188 Å². The van der Waals surface area contributed by atoms with Crippen molar-refractivity contribution >= 4 is 27.8 Å². The van der Waals surface area contributed by atoms with E-state index in [1.807, 2.05) is 0 Å². The monoisotopic (exact) mass is 613 g/mol. The quantitative estimate of drug-likeness (QED) is 0.191. The number of rotatable bonds is 5. The Hall–Kier alpha value is -6.38. The maximum Gasteiger partial charge on any atom is 0.159 e. The van der Waals surface area contributed by atoms with Crippen LogP contribution < -0.4 is 9.64 Å². The average Bonchev–Trinajstić information content (AvgIpc) is 3.30. The highest BCUT2D eigenvalue weighted by Gasteiger charge is 2.26. The highest BCUT2D eigenvalue weighted by Crippen LogP contribution is 2.53. The van der Waals surface area contributed by atoms with Crippen molar-refractivity contribution in [2.45, 2.75) is 0 Å². The van der Waals surface area contributed by atoms with Gasteiger partial charge in [0.15, 0.2) is 5.75 Å². The van der Waals surface area contributed by atoms with Crippen LogP contribution >= 0.6 is 0 Å². The molecule has 8 aromatic carbocycles. The van der Waals surface area contributed by atoms with Gasteiger partial charge in [-0.05, 0) is 86.6 Å². The molecule has 2 heteroatoms. The van der Waals surface area contributed by atoms with Gasteiger partial charge in [-0.15, -0.1) is 0 Å². The fraction of sp³-hybridized carbons (Fsp3) is 0. The summed E-state index contributed by atoms with van der Waals surface area (Å²) in [5, 5.41) is 2.40. The largest absolute Gasteiger partial charge is 0.454 e. The van der Waals surface area contributed by atoms with Crippen LogP contribution in [-0.4, -0.2) is 0 Å². The molecule has 8 aromatic rings. The van der Waals surface area contributed by atoms with Crippen LogP contribution in [-0.2, 0) is 0 Å². The number of benzene rings is 8. The summed E-state index contributed by atoms with van der Waals surface area (Å²) in [6, 6.07) is 66.8. The lowest BCUT2D eigenvalue weighted by Gasteiger charge is -2.28. The van der Waals surface area contributed by atoms with Crippen molar-refractivity contribution in [2.75, 3.05) is 4.90 Å². The minimum Gasteiger partial charge on any atom is -0.454 e. The van der Waals surface area contributed by atoms with Gasteiger partial charge in [0.2, 0.25) is 0 Å². The molecule has 0 radical (unpaired) electrons. The fourth-order valence-electron chi connectivity index (χ4n) is 6.90. The minimum atomic E-state index is 0.828.